The number of aromatic nitrogens is 1. The Hall–Kier alpha value is -3.14. The van der Waals surface area contributed by atoms with Crippen LogP contribution in [0, 0.1) is 0 Å². The van der Waals surface area contributed by atoms with Gasteiger partial charge in [-0.2, -0.15) is 0 Å². The number of rotatable bonds is 8. The summed E-state index contributed by atoms with van der Waals surface area (Å²) in [6.07, 6.45) is 2.47. The SMILES string of the molecule is CCC(C(=O)NCc1ccnc(OCc2ccccc2)c1)c1ccccc1. The van der Waals surface area contributed by atoms with E-state index in [9.17, 15) is 4.79 Å². The average molecular weight is 360 g/mol. The Morgan fingerprint density at radius 2 is 1.70 bits per heavy atom. The van der Waals surface area contributed by atoms with Gasteiger partial charge in [-0.05, 0) is 29.2 Å². The van der Waals surface area contributed by atoms with Crippen molar-refractivity contribution in [3.05, 3.63) is 95.7 Å². The van der Waals surface area contributed by atoms with E-state index >= 15 is 0 Å². The first-order chi connectivity index (χ1) is 13.3. The molecule has 0 bridgehead atoms. The summed E-state index contributed by atoms with van der Waals surface area (Å²) < 4.78 is 5.75. The topological polar surface area (TPSA) is 51.2 Å². The number of hydrogen-bond acceptors (Lipinski definition) is 3. The molecular weight excluding hydrogens is 336 g/mol. The second-order valence-corrected chi connectivity index (χ2v) is 6.37. The fourth-order valence-corrected chi connectivity index (χ4v) is 2.94. The molecule has 27 heavy (non-hydrogen) atoms. The maximum absolute atomic E-state index is 12.6. The van der Waals surface area contributed by atoms with Crippen LogP contribution in [-0.4, -0.2) is 10.9 Å². The summed E-state index contributed by atoms with van der Waals surface area (Å²) in [7, 11) is 0. The van der Waals surface area contributed by atoms with Crippen molar-refractivity contribution in [2.75, 3.05) is 0 Å². The zero-order valence-corrected chi connectivity index (χ0v) is 15.5. The summed E-state index contributed by atoms with van der Waals surface area (Å²) in [4.78, 5) is 16.8. The van der Waals surface area contributed by atoms with E-state index in [0.29, 0.717) is 19.0 Å². The summed E-state index contributed by atoms with van der Waals surface area (Å²) in [5.41, 5.74) is 3.09. The lowest BCUT2D eigenvalue weighted by Gasteiger charge is -2.15. The second-order valence-electron chi connectivity index (χ2n) is 6.37. The first-order valence-corrected chi connectivity index (χ1v) is 9.20. The molecule has 3 aromatic rings. The predicted molar refractivity (Wildman–Crippen MR) is 106 cm³/mol. The molecule has 0 saturated carbocycles. The molecule has 0 radical (unpaired) electrons. The molecule has 0 aliphatic carbocycles. The van der Waals surface area contributed by atoms with Crippen molar-refractivity contribution < 1.29 is 9.53 Å². The zero-order chi connectivity index (χ0) is 18.9. The highest BCUT2D eigenvalue weighted by molar-refractivity contribution is 5.83. The smallest absolute Gasteiger partial charge is 0.227 e. The number of ether oxygens (including phenoxy) is 1. The molecule has 0 spiro atoms. The number of hydrogen-bond donors (Lipinski definition) is 1. The predicted octanol–water partition coefficient (Wildman–Crippen LogP) is 4.47. The van der Waals surface area contributed by atoms with E-state index in [4.69, 9.17) is 4.74 Å². The molecule has 1 heterocycles. The maximum atomic E-state index is 12.6. The number of carbonyl (C=O) groups excluding carboxylic acids is 1. The van der Waals surface area contributed by atoms with E-state index in [1.807, 2.05) is 79.7 Å². The van der Waals surface area contributed by atoms with Gasteiger partial charge in [-0.25, -0.2) is 4.98 Å². The molecule has 2 aromatic carbocycles. The Bertz CT molecular complexity index is 851. The molecule has 4 heteroatoms. The lowest BCUT2D eigenvalue weighted by atomic mass is 9.95. The summed E-state index contributed by atoms with van der Waals surface area (Å²) >= 11 is 0. The minimum Gasteiger partial charge on any atom is -0.473 e. The van der Waals surface area contributed by atoms with Crippen LogP contribution in [0.4, 0.5) is 0 Å². The van der Waals surface area contributed by atoms with Crippen molar-refractivity contribution in [2.24, 2.45) is 0 Å². The molecule has 1 N–H and O–H groups in total. The normalized spacial score (nSPS) is 11.6. The van der Waals surface area contributed by atoms with E-state index in [-0.39, 0.29) is 11.8 Å². The third-order valence-electron chi connectivity index (χ3n) is 4.42. The van der Waals surface area contributed by atoms with Gasteiger partial charge in [-0.3, -0.25) is 4.79 Å². The highest BCUT2D eigenvalue weighted by Gasteiger charge is 2.17. The number of nitrogens with zero attached hydrogens (tertiary/aromatic N) is 1. The van der Waals surface area contributed by atoms with Crippen molar-refractivity contribution in [1.29, 1.82) is 0 Å². The zero-order valence-electron chi connectivity index (χ0n) is 15.5. The first-order valence-electron chi connectivity index (χ1n) is 9.20. The highest BCUT2D eigenvalue weighted by Crippen LogP contribution is 2.19. The van der Waals surface area contributed by atoms with Crippen molar-refractivity contribution in [3.8, 4) is 5.88 Å². The van der Waals surface area contributed by atoms with Crippen molar-refractivity contribution in [2.45, 2.75) is 32.4 Å². The second kappa shape index (κ2) is 9.53. The van der Waals surface area contributed by atoms with E-state index in [1.165, 1.54) is 0 Å². The molecule has 138 valence electrons. The van der Waals surface area contributed by atoms with Gasteiger partial charge in [0, 0.05) is 18.8 Å². The molecule has 0 fully saturated rings. The first kappa shape index (κ1) is 18.6. The average Bonchev–Trinajstić information content (AvgIpc) is 2.73. The van der Waals surface area contributed by atoms with Crippen molar-refractivity contribution >= 4 is 5.91 Å². The number of benzene rings is 2. The van der Waals surface area contributed by atoms with Crippen LogP contribution in [0.1, 0.15) is 36.0 Å². The van der Waals surface area contributed by atoms with E-state index in [1.54, 1.807) is 6.20 Å². The molecule has 0 saturated heterocycles. The Balaban J connectivity index is 1.57. The van der Waals surface area contributed by atoms with Crippen LogP contribution in [0.25, 0.3) is 0 Å². The van der Waals surface area contributed by atoms with Crippen LogP contribution < -0.4 is 10.1 Å². The lowest BCUT2D eigenvalue weighted by Crippen LogP contribution is -2.28. The molecule has 1 aromatic heterocycles. The molecule has 1 amide bonds. The minimum atomic E-state index is -0.137. The van der Waals surface area contributed by atoms with E-state index < -0.39 is 0 Å². The standard InChI is InChI=1S/C23H24N2O2/c1-2-21(20-11-7-4-8-12-20)23(26)25-16-19-13-14-24-22(15-19)27-17-18-9-5-3-6-10-18/h3-15,21H,2,16-17H2,1H3,(H,25,26). The molecular formula is C23H24N2O2. The van der Waals surface area contributed by atoms with Crippen LogP contribution in [-0.2, 0) is 17.9 Å². The Morgan fingerprint density at radius 1 is 1.00 bits per heavy atom. The number of carbonyl (C=O) groups is 1. The Labute approximate surface area is 160 Å². The Morgan fingerprint density at radius 3 is 2.41 bits per heavy atom. The summed E-state index contributed by atoms with van der Waals surface area (Å²) in [6, 6.07) is 23.6. The molecule has 0 aliphatic heterocycles. The lowest BCUT2D eigenvalue weighted by molar-refractivity contribution is -0.122. The van der Waals surface area contributed by atoms with Crippen LogP contribution in [0.5, 0.6) is 5.88 Å². The fourth-order valence-electron chi connectivity index (χ4n) is 2.94. The van der Waals surface area contributed by atoms with E-state index in [0.717, 1.165) is 23.1 Å². The number of pyridine rings is 1. The molecule has 3 rings (SSSR count). The van der Waals surface area contributed by atoms with Gasteiger partial charge in [0.15, 0.2) is 0 Å². The fraction of sp³-hybridized carbons (Fsp3) is 0.217. The monoisotopic (exact) mass is 360 g/mol. The van der Waals surface area contributed by atoms with Crippen LogP contribution >= 0.6 is 0 Å². The van der Waals surface area contributed by atoms with Gasteiger partial charge in [0.25, 0.3) is 0 Å². The third-order valence-corrected chi connectivity index (χ3v) is 4.42. The van der Waals surface area contributed by atoms with Gasteiger partial charge in [0.1, 0.15) is 6.61 Å². The van der Waals surface area contributed by atoms with Gasteiger partial charge in [-0.1, -0.05) is 67.6 Å². The third kappa shape index (κ3) is 5.42. The summed E-state index contributed by atoms with van der Waals surface area (Å²) in [6.45, 7) is 2.95. The molecule has 0 aliphatic rings. The van der Waals surface area contributed by atoms with E-state index in [2.05, 4.69) is 10.3 Å². The van der Waals surface area contributed by atoms with Crippen molar-refractivity contribution in [1.82, 2.24) is 10.3 Å². The number of amides is 1. The molecule has 1 atom stereocenters. The largest absolute Gasteiger partial charge is 0.473 e. The van der Waals surface area contributed by atoms with Crippen LogP contribution in [0.3, 0.4) is 0 Å². The number of nitrogens with one attached hydrogen (secondary N) is 1. The van der Waals surface area contributed by atoms with Gasteiger partial charge >= 0.3 is 0 Å². The van der Waals surface area contributed by atoms with Gasteiger partial charge in [0.2, 0.25) is 11.8 Å². The highest BCUT2D eigenvalue weighted by atomic mass is 16.5. The summed E-state index contributed by atoms with van der Waals surface area (Å²) in [5.74, 6) is 0.454. The maximum Gasteiger partial charge on any atom is 0.227 e. The van der Waals surface area contributed by atoms with Crippen molar-refractivity contribution in [3.63, 3.8) is 0 Å². The Kier molecular flexibility index (Phi) is 6.58. The molecule has 1 unspecified atom stereocenters. The van der Waals surface area contributed by atoms with Gasteiger partial charge < -0.3 is 10.1 Å². The molecule has 4 nitrogen and oxygen atoms in total. The summed E-state index contributed by atoms with van der Waals surface area (Å²) in [5, 5.41) is 3.03. The van der Waals surface area contributed by atoms with Crippen LogP contribution in [0.15, 0.2) is 79.0 Å². The van der Waals surface area contributed by atoms with Crippen LogP contribution in [0.2, 0.25) is 0 Å². The minimum absolute atomic E-state index is 0.0345. The van der Waals surface area contributed by atoms with Gasteiger partial charge in [0.05, 0.1) is 5.92 Å². The van der Waals surface area contributed by atoms with Gasteiger partial charge in [-0.15, -0.1) is 0 Å². The quantitative estimate of drug-likeness (QED) is 0.645.